The average molecular weight is 240 g/mol. The van der Waals surface area contributed by atoms with Crippen LogP contribution in [0, 0.1) is 18.8 Å². The van der Waals surface area contributed by atoms with Crippen LogP contribution in [0.2, 0.25) is 0 Å². The molecule has 1 rings (SSSR count). The van der Waals surface area contributed by atoms with E-state index in [1.807, 2.05) is 0 Å². The summed E-state index contributed by atoms with van der Waals surface area (Å²) in [7, 11) is 0. The molecule has 1 aromatic rings. The van der Waals surface area contributed by atoms with Crippen molar-refractivity contribution in [2.75, 3.05) is 6.54 Å². The molecule has 6 heteroatoms. The largest absolute Gasteiger partial charge is 0.481 e. The van der Waals surface area contributed by atoms with Gasteiger partial charge in [-0.3, -0.25) is 9.59 Å². The van der Waals surface area contributed by atoms with Crippen molar-refractivity contribution in [2.45, 2.75) is 20.8 Å². The van der Waals surface area contributed by atoms with E-state index in [-0.39, 0.29) is 18.2 Å². The number of rotatable bonds is 5. The predicted molar refractivity (Wildman–Crippen MR) is 59.5 cm³/mol. The molecule has 1 aromatic heterocycles. The maximum Gasteiger partial charge on any atom is 0.308 e. The first-order chi connectivity index (χ1) is 7.93. The molecule has 0 saturated carbocycles. The Bertz CT molecular complexity index is 411. The van der Waals surface area contributed by atoms with Crippen LogP contribution < -0.4 is 5.32 Å². The second-order valence-corrected chi connectivity index (χ2v) is 4.24. The smallest absolute Gasteiger partial charge is 0.308 e. The van der Waals surface area contributed by atoms with E-state index in [2.05, 4.69) is 10.5 Å². The van der Waals surface area contributed by atoms with Crippen molar-refractivity contribution in [2.24, 2.45) is 11.8 Å². The van der Waals surface area contributed by atoms with Gasteiger partial charge in [-0.25, -0.2) is 0 Å². The summed E-state index contributed by atoms with van der Waals surface area (Å²) in [5.41, 5.74) is 0.624. The SMILES string of the molecule is Cc1cnoc1C(=O)NCC(C(=O)O)C(C)C. The Labute approximate surface area is 99.0 Å². The minimum absolute atomic E-state index is 0.0522. The van der Waals surface area contributed by atoms with Crippen molar-refractivity contribution >= 4 is 11.9 Å². The van der Waals surface area contributed by atoms with Crippen molar-refractivity contribution in [1.29, 1.82) is 0 Å². The molecule has 0 radical (unpaired) electrons. The Hall–Kier alpha value is -1.85. The fourth-order valence-corrected chi connectivity index (χ4v) is 1.40. The maximum absolute atomic E-state index is 11.6. The fourth-order valence-electron chi connectivity index (χ4n) is 1.40. The van der Waals surface area contributed by atoms with Crippen LogP contribution in [0.5, 0.6) is 0 Å². The highest BCUT2D eigenvalue weighted by Gasteiger charge is 2.23. The van der Waals surface area contributed by atoms with Gasteiger partial charge < -0.3 is 14.9 Å². The topological polar surface area (TPSA) is 92.4 Å². The Morgan fingerprint density at radius 3 is 2.59 bits per heavy atom. The number of carboxylic acids is 1. The van der Waals surface area contributed by atoms with E-state index in [9.17, 15) is 9.59 Å². The number of carbonyl (C=O) groups excluding carboxylic acids is 1. The first kappa shape index (κ1) is 13.2. The van der Waals surface area contributed by atoms with Crippen molar-refractivity contribution in [3.63, 3.8) is 0 Å². The zero-order chi connectivity index (χ0) is 13.0. The van der Waals surface area contributed by atoms with Crippen molar-refractivity contribution in [3.05, 3.63) is 17.5 Å². The number of amides is 1. The van der Waals surface area contributed by atoms with Gasteiger partial charge in [-0.05, 0) is 12.8 Å². The molecule has 0 aromatic carbocycles. The monoisotopic (exact) mass is 240 g/mol. The summed E-state index contributed by atoms with van der Waals surface area (Å²) >= 11 is 0. The van der Waals surface area contributed by atoms with E-state index in [4.69, 9.17) is 9.63 Å². The van der Waals surface area contributed by atoms with Crippen LogP contribution in [0.15, 0.2) is 10.7 Å². The lowest BCUT2D eigenvalue weighted by atomic mass is 9.96. The van der Waals surface area contributed by atoms with Crippen molar-refractivity contribution < 1.29 is 19.2 Å². The highest BCUT2D eigenvalue weighted by Crippen LogP contribution is 2.11. The Kier molecular flexibility index (Phi) is 4.25. The summed E-state index contributed by atoms with van der Waals surface area (Å²) < 4.78 is 4.77. The third kappa shape index (κ3) is 3.30. The van der Waals surface area contributed by atoms with Gasteiger partial charge in [0.25, 0.3) is 5.91 Å². The lowest BCUT2D eigenvalue weighted by Crippen LogP contribution is -2.35. The molecule has 2 N–H and O–H groups in total. The summed E-state index contributed by atoms with van der Waals surface area (Å²) in [4.78, 5) is 22.6. The Morgan fingerprint density at radius 1 is 1.53 bits per heavy atom. The average Bonchev–Trinajstić information content (AvgIpc) is 2.63. The van der Waals surface area contributed by atoms with E-state index in [0.717, 1.165) is 0 Å². The molecule has 6 nitrogen and oxygen atoms in total. The molecule has 0 bridgehead atoms. The van der Waals surface area contributed by atoms with Gasteiger partial charge in [0.15, 0.2) is 0 Å². The molecule has 1 amide bonds. The first-order valence-corrected chi connectivity index (χ1v) is 5.35. The number of aliphatic carboxylic acids is 1. The molecular formula is C11H16N2O4. The van der Waals surface area contributed by atoms with Crippen LogP contribution in [0.4, 0.5) is 0 Å². The molecule has 0 aliphatic rings. The van der Waals surface area contributed by atoms with Gasteiger partial charge in [-0.2, -0.15) is 0 Å². The molecular weight excluding hydrogens is 224 g/mol. The summed E-state index contributed by atoms with van der Waals surface area (Å²) in [5, 5.41) is 15.0. The highest BCUT2D eigenvalue weighted by molar-refractivity contribution is 5.92. The quantitative estimate of drug-likeness (QED) is 0.803. The lowest BCUT2D eigenvalue weighted by molar-refractivity contribution is -0.142. The summed E-state index contributed by atoms with van der Waals surface area (Å²) in [5.74, 6) is -1.90. The van der Waals surface area contributed by atoms with E-state index < -0.39 is 17.8 Å². The van der Waals surface area contributed by atoms with Crippen molar-refractivity contribution in [3.8, 4) is 0 Å². The van der Waals surface area contributed by atoms with Crippen LogP contribution in [0.3, 0.4) is 0 Å². The zero-order valence-corrected chi connectivity index (χ0v) is 10.1. The van der Waals surface area contributed by atoms with Gasteiger partial charge in [-0.15, -0.1) is 0 Å². The number of hydrogen-bond acceptors (Lipinski definition) is 4. The van der Waals surface area contributed by atoms with Crippen molar-refractivity contribution in [1.82, 2.24) is 10.5 Å². The molecule has 0 saturated heterocycles. The van der Waals surface area contributed by atoms with Gasteiger partial charge in [0.1, 0.15) is 0 Å². The second-order valence-electron chi connectivity index (χ2n) is 4.24. The van der Waals surface area contributed by atoms with Gasteiger partial charge in [-0.1, -0.05) is 19.0 Å². The molecule has 0 aliphatic heterocycles. The second kappa shape index (κ2) is 5.47. The Balaban J connectivity index is 2.59. The van der Waals surface area contributed by atoms with E-state index in [1.165, 1.54) is 6.20 Å². The van der Waals surface area contributed by atoms with Crippen LogP contribution in [-0.2, 0) is 4.79 Å². The molecule has 1 unspecified atom stereocenters. The first-order valence-electron chi connectivity index (χ1n) is 5.35. The van der Waals surface area contributed by atoms with Crippen LogP contribution in [0.25, 0.3) is 0 Å². The minimum atomic E-state index is -0.922. The fraction of sp³-hybridized carbons (Fsp3) is 0.545. The molecule has 1 atom stereocenters. The van der Waals surface area contributed by atoms with Crippen LogP contribution >= 0.6 is 0 Å². The third-order valence-corrected chi connectivity index (χ3v) is 2.56. The molecule has 17 heavy (non-hydrogen) atoms. The van der Waals surface area contributed by atoms with E-state index in [1.54, 1.807) is 20.8 Å². The predicted octanol–water partition coefficient (Wildman–Crippen LogP) is 1.07. The van der Waals surface area contributed by atoms with Gasteiger partial charge in [0, 0.05) is 12.1 Å². The maximum atomic E-state index is 11.6. The van der Waals surface area contributed by atoms with Gasteiger partial charge >= 0.3 is 5.97 Å². The number of carboxylic acid groups (broad SMARTS) is 1. The Morgan fingerprint density at radius 2 is 2.18 bits per heavy atom. The standard InChI is InChI=1S/C11H16N2O4/c1-6(2)8(11(15)16)5-12-10(14)9-7(3)4-13-17-9/h4,6,8H,5H2,1-3H3,(H,12,14)(H,15,16). The molecule has 94 valence electrons. The summed E-state index contributed by atoms with van der Waals surface area (Å²) in [6.07, 6.45) is 1.44. The minimum Gasteiger partial charge on any atom is -0.481 e. The third-order valence-electron chi connectivity index (χ3n) is 2.56. The summed E-state index contributed by atoms with van der Waals surface area (Å²) in [6.45, 7) is 5.36. The number of nitrogens with zero attached hydrogens (tertiary/aromatic N) is 1. The van der Waals surface area contributed by atoms with Crippen LogP contribution in [-0.4, -0.2) is 28.7 Å². The molecule has 0 fully saturated rings. The number of carbonyl (C=O) groups is 2. The number of aryl methyl sites for hydroxylation is 1. The normalized spacial score (nSPS) is 12.5. The molecule has 0 spiro atoms. The number of nitrogens with one attached hydrogen (secondary N) is 1. The zero-order valence-electron chi connectivity index (χ0n) is 10.1. The molecule has 0 aliphatic carbocycles. The van der Waals surface area contributed by atoms with Gasteiger partial charge in [0.05, 0.1) is 12.1 Å². The lowest BCUT2D eigenvalue weighted by Gasteiger charge is -2.16. The summed E-state index contributed by atoms with van der Waals surface area (Å²) in [6, 6.07) is 0. The van der Waals surface area contributed by atoms with Gasteiger partial charge in [0.2, 0.25) is 5.76 Å². The highest BCUT2D eigenvalue weighted by atomic mass is 16.5. The van der Waals surface area contributed by atoms with Crippen LogP contribution in [0.1, 0.15) is 30.0 Å². The van der Waals surface area contributed by atoms with E-state index >= 15 is 0 Å². The molecule has 1 heterocycles. The number of aromatic nitrogens is 1. The number of hydrogen-bond donors (Lipinski definition) is 2. The van der Waals surface area contributed by atoms with E-state index in [0.29, 0.717) is 5.56 Å².